The molecule has 1 aromatic carbocycles. The Hall–Kier alpha value is -3.81. The number of ether oxygens (including phenoxy) is 1. The topological polar surface area (TPSA) is 159 Å². The number of carbonyl (C=O) groups is 4. The lowest BCUT2D eigenvalue weighted by molar-refractivity contribution is -0.144. The fourth-order valence-corrected chi connectivity index (χ4v) is 4.92. The molecule has 0 spiro atoms. The van der Waals surface area contributed by atoms with Crippen LogP contribution in [-0.2, 0) is 23.8 Å². The molecule has 1 aliphatic heterocycles. The Morgan fingerprint density at radius 2 is 1.77 bits per heavy atom. The van der Waals surface area contributed by atoms with E-state index in [1.807, 2.05) is 44.2 Å². The van der Waals surface area contributed by atoms with Crippen molar-refractivity contribution in [3.05, 3.63) is 54.2 Å². The monoisotopic (exact) mass is 595 g/mol. The Bertz CT molecular complexity index is 1260. The van der Waals surface area contributed by atoms with Gasteiger partial charge in [-0.25, -0.2) is 4.98 Å². The highest BCUT2D eigenvalue weighted by atomic mass is 16.5. The van der Waals surface area contributed by atoms with Crippen LogP contribution >= 0.6 is 0 Å². The molecule has 4 N–H and O–H groups in total. The molecule has 0 unspecified atom stereocenters. The van der Waals surface area contributed by atoms with Crippen LogP contribution in [0.15, 0.2) is 48.5 Å². The molecule has 0 aliphatic carbocycles. The number of aliphatic hydroxyl groups excluding tert-OH is 1. The summed E-state index contributed by atoms with van der Waals surface area (Å²) in [4.78, 5) is 57.3. The van der Waals surface area contributed by atoms with E-state index in [-0.39, 0.29) is 30.0 Å². The first-order valence-electron chi connectivity index (χ1n) is 14.5. The summed E-state index contributed by atoms with van der Waals surface area (Å²) >= 11 is 0. The van der Waals surface area contributed by atoms with Gasteiger partial charge in [-0.3, -0.25) is 24.0 Å². The Kier molecular flexibility index (Phi) is 12.2. The Morgan fingerprint density at radius 1 is 1.07 bits per heavy atom. The van der Waals surface area contributed by atoms with Crippen LogP contribution in [0.1, 0.15) is 44.6 Å². The maximum atomic E-state index is 13.5. The van der Waals surface area contributed by atoms with E-state index in [0.29, 0.717) is 18.7 Å². The summed E-state index contributed by atoms with van der Waals surface area (Å²) in [5, 5.41) is 19.1. The van der Waals surface area contributed by atoms with Crippen molar-refractivity contribution in [1.29, 1.82) is 0 Å². The fourth-order valence-electron chi connectivity index (χ4n) is 4.92. The van der Waals surface area contributed by atoms with Gasteiger partial charge in [-0.1, -0.05) is 57.2 Å². The maximum absolute atomic E-state index is 13.5. The predicted octanol–water partition coefficient (Wildman–Crippen LogP) is 1.04. The largest absolute Gasteiger partial charge is 0.517 e. The van der Waals surface area contributed by atoms with Crippen LogP contribution in [0.4, 0.5) is 0 Å². The minimum absolute atomic E-state index is 0.0971. The summed E-state index contributed by atoms with van der Waals surface area (Å²) in [5.74, 6) is -2.94. The third kappa shape index (κ3) is 9.09. The zero-order chi connectivity index (χ0) is 31.7. The van der Waals surface area contributed by atoms with Gasteiger partial charge in [-0.05, 0) is 38.4 Å². The molecule has 5 atom stereocenters. The summed E-state index contributed by atoms with van der Waals surface area (Å²) in [6.45, 7) is 7.64. The third-order valence-corrected chi connectivity index (χ3v) is 7.29. The van der Waals surface area contributed by atoms with E-state index in [1.54, 1.807) is 30.9 Å². The van der Waals surface area contributed by atoms with E-state index >= 15 is 0 Å². The van der Waals surface area contributed by atoms with Crippen molar-refractivity contribution < 1.29 is 33.7 Å². The van der Waals surface area contributed by atoms with Crippen LogP contribution in [0.2, 0.25) is 0 Å². The molecule has 3 rings (SSSR count). The molecule has 13 heteroatoms. The summed E-state index contributed by atoms with van der Waals surface area (Å²) in [7, 11) is 2.27. The Morgan fingerprint density at radius 3 is 2.40 bits per heavy atom. The normalized spacial score (nSPS) is 18.0. The number of aromatic nitrogens is 1. The van der Waals surface area contributed by atoms with Crippen molar-refractivity contribution in [3.8, 4) is 11.3 Å². The molecule has 1 saturated heterocycles. The lowest BCUT2D eigenvalue weighted by Crippen LogP contribution is -2.60. The second-order valence-corrected chi connectivity index (χ2v) is 11.3. The molecule has 43 heavy (non-hydrogen) atoms. The molecule has 0 radical (unpaired) electrons. The second kappa shape index (κ2) is 15.6. The molecule has 1 aliphatic rings. The minimum Gasteiger partial charge on any atom is -0.517 e. The first-order chi connectivity index (χ1) is 20.4. The molecule has 12 nitrogen and oxygen atoms in total. The summed E-state index contributed by atoms with van der Waals surface area (Å²) in [5.41, 5.74) is 1.53. The number of nitrogens with zero attached hydrogens (tertiary/aromatic N) is 2. The maximum Gasteiger partial charge on any atom is 0.475 e. The van der Waals surface area contributed by atoms with Gasteiger partial charge in [0.1, 0.15) is 17.8 Å². The predicted molar refractivity (Wildman–Crippen MR) is 161 cm³/mol. The van der Waals surface area contributed by atoms with Crippen molar-refractivity contribution in [1.82, 2.24) is 25.7 Å². The number of amides is 2. The highest BCUT2D eigenvalue weighted by molar-refractivity contribution is 6.55. The third-order valence-electron chi connectivity index (χ3n) is 7.29. The van der Waals surface area contributed by atoms with Crippen LogP contribution < -0.4 is 16.0 Å². The molecule has 2 heterocycles. The number of hydrogen-bond donors (Lipinski definition) is 4. The molecule has 232 valence electrons. The molecular weight excluding hydrogens is 553 g/mol. The zero-order valence-corrected chi connectivity index (χ0v) is 25.6. The van der Waals surface area contributed by atoms with E-state index < -0.39 is 49.0 Å². The van der Waals surface area contributed by atoms with Crippen molar-refractivity contribution in [2.45, 2.75) is 58.2 Å². The SMILES string of the molecule is COC(=O)[C@H](C)CNC[C@H]1C(=O)OB([C@H](CC(C)C)NC(=O)[C@@H](NC(=O)c2cccc(-c3ccccc3)n2)[C@@H](C)O)N1C. The van der Waals surface area contributed by atoms with Crippen LogP contribution in [0.25, 0.3) is 11.3 Å². The molecule has 1 aromatic heterocycles. The molecular formula is C30H42BN5O7. The molecule has 1 fully saturated rings. The van der Waals surface area contributed by atoms with Gasteiger partial charge in [-0.15, -0.1) is 0 Å². The van der Waals surface area contributed by atoms with E-state index in [9.17, 15) is 24.3 Å². The number of carbonyl (C=O) groups excluding carboxylic acids is 4. The van der Waals surface area contributed by atoms with Gasteiger partial charge < -0.3 is 30.4 Å². The number of aliphatic hydroxyl groups is 1. The van der Waals surface area contributed by atoms with E-state index in [2.05, 4.69) is 20.9 Å². The molecule has 2 aromatic rings. The summed E-state index contributed by atoms with van der Waals surface area (Å²) < 4.78 is 10.4. The summed E-state index contributed by atoms with van der Waals surface area (Å²) in [6.07, 6.45) is -0.757. The zero-order valence-electron chi connectivity index (χ0n) is 25.6. The van der Waals surface area contributed by atoms with Crippen molar-refractivity contribution >= 4 is 30.8 Å². The number of likely N-dealkylation sites (N-methyl/N-ethyl adjacent to an activating group) is 1. The second-order valence-electron chi connectivity index (χ2n) is 11.3. The van der Waals surface area contributed by atoms with Crippen LogP contribution in [-0.4, -0.2) is 97.1 Å². The van der Waals surface area contributed by atoms with Crippen molar-refractivity contribution in [2.24, 2.45) is 11.8 Å². The smallest absolute Gasteiger partial charge is 0.475 e. The Labute approximate surface area is 253 Å². The van der Waals surface area contributed by atoms with Gasteiger partial charge >= 0.3 is 19.0 Å². The quantitative estimate of drug-likeness (QED) is 0.184. The highest BCUT2D eigenvalue weighted by Crippen LogP contribution is 2.20. The molecule has 0 bridgehead atoms. The van der Waals surface area contributed by atoms with Crippen molar-refractivity contribution in [2.75, 3.05) is 27.2 Å². The number of rotatable bonds is 14. The average Bonchev–Trinajstić information content (AvgIpc) is 3.27. The number of nitrogens with one attached hydrogen (secondary N) is 3. The number of pyridine rings is 1. The van der Waals surface area contributed by atoms with Crippen LogP contribution in [0.5, 0.6) is 0 Å². The molecule has 2 amide bonds. The first kappa shape index (κ1) is 33.7. The van der Waals surface area contributed by atoms with Crippen LogP contribution in [0, 0.1) is 11.8 Å². The number of benzene rings is 1. The van der Waals surface area contributed by atoms with E-state index in [1.165, 1.54) is 20.1 Å². The lowest BCUT2D eigenvalue weighted by Gasteiger charge is -2.29. The van der Waals surface area contributed by atoms with Crippen LogP contribution in [0.3, 0.4) is 0 Å². The van der Waals surface area contributed by atoms with Gasteiger partial charge in [0.15, 0.2) is 0 Å². The average molecular weight is 596 g/mol. The van der Waals surface area contributed by atoms with E-state index in [0.717, 1.165) is 5.56 Å². The minimum atomic E-state index is -1.29. The Balaban J connectivity index is 1.70. The van der Waals surface area contributed by atoms with Gasteiger partial charge in [-0.2, -0.15) is 0 Å². The van der Waals surface area contributed by atoms with Gasteiger partial charge in [0.2, 0.25) is 5.91 Å². The van der Waals surface area contributed by atoms with Gasteiger partial charge in [0.25, 0.3) is 5.91 Å². The number of hydrogen-bond acceptors (Lipinski definition) is 10. The van der Waals surface area contributed by atoms with E-state index in [4.69, 9.17) is 9.39 Å². The van der Waals surface area contributed by atoms with Crippen molar-refractivity contribution in [3.63, 3.8) is 0 Å². The summed E-state index contributed by atoms with van der Waals surface area (Å²) in [6, 6.07) is 12.5. The number of methoxy groups -OCH3 is 1. The highest BCUT2D eigenvalue weighted by Gasteiger charge is 2.49. The van der Waals surface area contributed by atoms with Gasteiger partial charge in [0, 0.05) is 18.7 Å². The first-order valence-corrected chi connectivity index (χ1v) is 14.5. The number of esters is 1. The van der Waals surface area contributed by atoms with Gasteiger partial charge in [0.05, 0.1) is 30.8 Å². The fraction of sp³-hybridized carbons (Fsp3) is 0.500. The molecule has 0 saturated carbocycles. The lowest BCUT2D eigenvalue weighted by atomic mass is 9.68. The standard InChI is InChI=1S/C30H42BN5O7/c1-18(2)15-25(31-36(5)24(30(41)43-31)17-32-16-19(3)29(40)42-6)34-28(39)26(20(4)37)35-27(38)23-14-10-13-22(33-23)21-11-8-7-9-12-21/h7-14,18-20,24-26,32,37H,15-17H2,1-6H3,(H,34,39)(H,35,38)/t19-,20-,24+,25+,26+/m1/s1.